The second-order valence-corrected chi connectivity index (χ2v) is 7.04. The van der Waals surface area contributed by atoms with Crippen molar-refractivity contribution in [3.8, 4) is 0 Å². The van der Waals surface area contributed by atoms with Crippen LogP contribution < -0.4 is 10.9 Å². The molecule has 7 nitrogen and oxygen atoms in total. The summed E-state index contributed by atoms with van der Waals surface area (Å²) in [5, 5.41) is 3.70. The molecule has 2 aromatic heterocycles. The van der Waals surface area contributed by atoms with Crippen LogP contribution in [0, 0.1) is 0 Å². The summed E-state index contributed by atoms with van der Waals surface area (Å²) >= 11 is 6.01. The number of anilines is 1. The Hall–Kier alpha value is -3.71. The van der Waals surface area contributed by atoms with Crippen LogP contribution in [0.15, 0.2) is 78.1 Å². The van der Waals surface area contributed by atoms with Crippen molar-refractivity contribution in [1.29, 1.82) is 0 Å². The summed E-state index contributed by atoms with van der Waals surface area (Å²) < 4.78 is 6.69. The van der Waals surface area contributed by atoms with E-state index >= 15 is 0 Å². The predicted octanol–water partition coefficient (Wildman–Crippen LogP) is 4.24. The number of nitrogens with one attached hydrogen (secondary N) is 1. The zero-order valence-electron chi connectivity index (χ0n) is 15.8. The van der Waals surface area contributed by atoms with Gasteiger partial charge in [-0.15, -0.1) is 0 Å². The molecular weight excluding hydrogens is 404 g/mol. The third kappa shape index (κ3) is 4.64. The van der Waals surface area contributed by atoms with Gasteiger partial charge in [0.25, 0.3) is 5.56 Å². The quantitative estimate of drug-likeness (QED) is 0.521. The van der Waals surface area contributed by atoms with Gasteiger partial charge in [-0.05, 0) is 42.0 Å². The van der Waals surface area contributed by atoms with Crippen LogP contribution in [0.25, 0.3) is 10.9 Å². The van der Waals surface area contributed by atoms with Crippen LogP contribution in [-0.2, 0) is 17.9 Å². The topological polar surface area (TPSA) is 86.1 Å². The Balaban J connectivity index is 1.48. The molecular formula is C22H17ClN4O3. The Morgan fingerprint density at radius 3 is 2.77 bits per heavy atom. The van der Waals surface area contributed by atoms with E-state index in [0.717, 1.165) is 11.1 Å². The minimum Gasteiger partial charge on any atom is -0.444 e. The minimum atomic E-state index is -0.604. The number of amides is 1. The molecule has 0 unspecified atom stereocenters. The van der Waals surface area contributed by atoms with Gasteiger partial charge in [0.05, 0.1) is 23.8 Å². The molecule has 0 spiro atoms. The van der Waals surface area contributed by atoms with E-state index in [2.05, 4.69) is 15.3 Å². The van der Waals surface area contributed by atoms with Gasteiger partial charge in [-0.2, -0.15) is 0 Å². The number of fused-ring (bicyclic) bond motifs is 1. The standard InChI is InChI=1S/C22H17ClN4O3/c23-17-5-1-3-15(9-17)12-27-14-25-20-10-18(6-7-19(20)21(27)28)26-22(29)30-13-16-4-2-8-24-11-16/h1-11,14H,12-13H2,(H,26,29). The van der Waals surface area contributed by atoms with Gasteiger partial charge in [0.2, 0.25) is 0 Å². The summed E-state index contributed by atoms with van der Waals surface area (Å²) in [5.74, 6) is 0. The molecule has 2 aromatic carbocycles. The molecule has 4 rings (SSSR count). The maximum Gasteiger partial charge on any atom is 0.411 e. The van der Waals surface area contributed by atoms with Gasteiger partial charge in [-0.1, -0.05) is 29.8 Å². The first-order valence-corrected chi connectivity index (χ1v) is 9.52. The maximum atomic E-state index is 12.8. The number of pyridine rings is 1. The molecule has 0 aliphatic carbocycles. The molecule has 1 N–H and O–H groups in total. The van der Waals surface area contributed by atoms with Crippen LogP contribution >= 0.6 is 11.6 Å². The number of ether oxygens (including phenoxy) is 1. The van der Waals surface area contributed by atoms with Crippen LogP contribution in [0.2, 0.25) is 5.02 Å². The number of benzene rings is 2. The van der Waals surface area contributed by atoms with Gasteiger partial charge in [0, 0.05) is 28.7 Å². The molecule has 2 heterocycles. The third-order valence-corrected chi connectivity index (χ3v) is 4.64. The molecule has 0 atom stereocenters. The fourth-order valence-corrected chi connectivity index (χ4v) is 3.18. The average molecular weight is 421 g/mol. The molecule has 0 fully saturated rings. The highest BCUT2D eigenvalue weighted by Gasteiger charge is 2.09. The Morgan fingerprint density at radius 1 is 1.10 bits per heavy atom. The summed E-state index contributed by atoms with van der Waals surface area (Å²) in [6.07, 6.45) is 4.15. The van der Waals surface area contributed by atoms with Crippen LogP contribution in [0.5, 0.6) is 0 Å². The van der Waals surface area contributed by atoms with Crippen LogP contribution in [-0.4, -0.2) is 20.6 Å². The lowest BCUT2D eigenvalue weighted by atomic mass is 10.2. The summed E-state index contributed by atoms with van der Waals surface area (Å²) in [4.78, 5) is 33.1. The number of nitrogens with zero attached hydrogens (tertiary/aromatic N) is 3. The zero-order valence-corrected chi connectivity index (χ0v) is 16.5. The maximum absolute atomic E-state index is 12.8. The van der Waals surface area contributed by atoms with Crippen molar-refractivity contribution in [3.05, 3.63) is 99.8 Å². The molecule has 150 valence electrons. The van der Waals surface area contributed by atoms with E-state index in [1.165, 1.54) is 10.9 Å². The van der Waals surface area contributed by atoms with E-state index in [9.17, 15) is 9.59 Å². The number of carbonyl (C=O) groups is 1. The van der Waals surface area contributed by atoms with Crippen molar-refractivity contribution in [3.63, 3.8) is 0 Å². The molecule has 1 amide bonds. The predicted molar refractivity (Wildman–Crippen MR) is 115 cm³/mol. The van der Waals surface area contributed by atoms with E-state index in [4.69, 9.17) is 16.3 Å². The second-order valence-electron chi connectivity index (χ2n) is 6.60. The monoisotopic (exact) mass is 420 g/mol. The van der Waals surface area contributed by atoms with E-state index in [0.29, 0.717) is 28.2 Å². The molecule has 0 bridgehead atoms. The number of carbonyl (C=O) groups excluding carboxylic acids is 1. The fourth-order valence-electron chi connectivity index (χ4n) is 2.97. The van der Waals surface area contributed by atoms with Gasteiger partial charge < -0.3 is 4.74 Å². The van der Waals surface area contributed by atoms with Gasteiger partial charge in [0.1, 0.15) is 6.61 Å². The first kappa shape index (κ1) is 19.6. The molecule has 0 radical (unpaired) electrons. The summed E-state index contributed by atoms with van der Waals surface area (Å²) in [6, 6.07) is 15.8. The lowest BCUT2D eigenvalue weighted by Gasteiger charge is -2.09. The lowest BCUT2D eigenvalue weighted by Crippen LogP contribution is -2.21. The molecule has 8 heteroatoms. The lowest BCUT2D eigenvalue weighted by molar-refractivity contribution is 0.155. The average Bonchev–Trinajstić information content (AvgIpc) is 2.75. The van der Waals surface area contributed by atoms with Gasteiger partial charge in [-0.3, -0.25) is 19.7 Å². The van der Waals surface area contributed by atoms with Crippen LogP contribution in [0.1, 0.15) is 11.1 Å². The Morgan fingerprint density at radius 2 is 1.97 bits per heavy atom. The van der Waals surface area contributed by atoms with Crippen molar-refractivity contribution in [1.82, 2.24) is 14.5 Å². The van der Waals surface area contributed by atoms with Gasteiger partial charge >= 0.3 is 6.09 Å². The molecule has 30 heavy (non-hydrogen) atoms. The highest BCUT2D eigenvalue weighted by atomic mass is 35.5. The number of hydrogen-bond donors (Lipinski definition) is 1. The smallest absolute Gasteiger partial charge is 0.411 e. The Bertz CT molecular complexity index is 1260. The van der Waals surface area contributed by atoms with Crippen molar-refractivity contribution in [2.24, 2.45) is 0 Å². The first-order valence-electron chi connectivity index (χ1n) is 9.15. The van der Waals surface area contributed by atoms with Gasteiger partial charge in [0.15, 0.2) is 0 Å². The van der Waals surface area contributed by atoms with E-state index < -0.39 is 6.09 Å². The number of aromatic nitrogens is 3. The van der Waals surface area contributed by atoms with E-state index in [-0.39, 0.29) is 12.2 Å². The first-order chi connectivity index (χ1) is 14.6. The van der Waals surface area contributed by atoms with Crippen molar-refractivity contribution in [2.45, 2.75) is 13.2 Å². The Labute approximate surface area is 176 Å². The van der Waals surface area contributed by atoms with Crippen LogP contribution in [0.4, 0.5) is 10.5 Å². The largest absolute Gasteiger partial charge is 0.444 e. The SMILES string of the molecule is O=C(Nc1ccc2c(=O)n(Cc3cccc(Cl)c3)cnc2c1)OCc1cccnc1. The molecule has 0 aliphatic heterocycles. The highest BCUT2D eigenvalue weighted by Crippen LogP contribution is 2.16. The van der Waals surface area contributed by atoms with Crippen molar-refractivity contribution < 1.29 is 9.53 Å². The third-order valence-electron chi connectivity index (χ3n) is 4.41. The molecule has 4 aromatic rings. The van der Waals surface area contributed by atoms with E-state index in [1.807, 2.05) is 24.3 Å². The molecule has 0 saturated heterocycles. The van der Waals surface area contributed by atoms with Crippen molar-refractivity contribution >= 4 is 34.3 Å². The summed E-state index contributed by atoms with van der Waals surface area (Å²) in [7, 11) is 0. The minimum absolute atomic E-state index is 0.111. The second kappa shape index (κ2) is 8.75. The summed E-state index contributed by atoms with van der Waals surface area (Å²) in [5.41, 5.74) is 2.48. The Kier molecular flexibility index (Phi) is 5.72. The molecule has 0 aliphatic rings. The molecule has 0 saturated carbocycles. The highest BCUT2D eigenvalue weighted by molar-refractivity contribution is 6.30. The van der Waals surface area contributed by atoms with Gasteiger partial charge in [-0.25, -0.2) is 9.78 Å². The normalized spacial score (nSPS) is 10.7. The number of rotatable bonds is 5. The summed E-state index contributed by atoms with van der Waals surface area (Å²) in [6.45, 7) is 0.475. The van der Waals surface area contributed by atoms with Crippen LogP contribution in [0.3, 0.4) is 0 Å². The number of hydrogen-bond acceptors (Lipinski definition) is 5. The van der Waals surface area contributed by atoms with E-state index in [1.54, 1.807) is 42.7 Å². The number of halogens is 1. The fraction of sp³-hybridized carbons (Fsp3) is 0.0909. The van der Waals surface area contributed by atoms with Crippen molar-refractivity contribution in [2.75, 3.05) is 5.32 Å². The zero-order chi connectivity index (χ0) is 20.9.